The number of hydrogen-bond acceptors (Lipinski definition) is 2. The number of rotatable bonds is 3. The molecule has 0 aromatic heterocycles. The molecule has 0 fully saturated rings. The Morgan fingerprint density at radius 3 is 2.31 bits per heavy atom. The lowest BCUT2D eigenvalue weighted by atomic mass is 10.1. The van der Waals surface area contributed by atoms with E-state index in [1.807, 2.05) is 18.2 Å². The van der Waals surface area contributed by atoms with Gasteiger partial charge in [0, 0.05) is 23.7 Å². The van der Waals surface area contributed by atoms with Gasteiger partial charge in [0.15, 0.2) is 0 Å². The van der Waals surface area contributed by atoms with Crippen molar-refractivity contribution in [2.24, 2.45) is 0 Å². The van der Waals surface area contributed by atoms with Crippen LogP contribution in [-0.2, 0) is 16.0 Å². The van der Waals surface area contributed by atoms with Crippen molar-refractivity contribution in [3.63, 3.8) is 0 Å². The molecule has 1 aromatic rings. The molecular weight excluding hydrogens is 226 g/mol. The maximum absolute atomic E-state index is 11.3. The molecule has 2 amide bonds. The molecule has 0 N–H and O–H groups in total. The fourth-order valence-electron chi connectivity index (χ4n) is 1.58. The summed E-state index contributed by atoms with van der Waals surface area (Å²) in [7, 11) is 0. The Balaban J connectivity index is 2.01. The Kier molecular flexibility index (Phi) is 3.06. The van der Waals surface area contributed by atoms with E-state index >= 15 is 0 Å². The fraction of sp³-hybridized carbons (Fsp3) is 0.167. The predicted molar refractivity (Wildman–Crippen MR) is 61.0 cm³/mol. The van der Waals surface area contributed by atoms with Gasteiger partial charge in [0.05, 0.1) is 0 Å². The maximum atomic E-state index is 11.3. The zero-order valence-electron chi connectivity index (χ0n) is 8.52. The molecule has 0 saturated carbocycles. The first-order valence-electron chi connectivity index (χ1n) is 4.95. The van der Waals surface area contributed by atoms with Crippen molar-refractivity contribution in [3.8, 4) is 0 Å². The number of amides is 2. The van der Waals surface area contributed by atoms with E-state index in [0.717, 1.165) is 5.56 Å². The highest BCUT2D eigenvalue weighted by molar-refractivity contribution is 6.31. The van der Waals surface area contributed by atoms with Gasteiger partial charge in [0.1, 0.15) is 0 Å². The van der Waals surface area contributed by atoms with Crippen LogP contribution in [0.5, 0.6) is 0 Å². The van der Waals surface area contributed by atoms with E-state index in [-0.39, 0.29) is 11.8 Å². The van der Waals surface area contributed by atoms with Gasteiger partial charge in [-0.15, -0.1) is 0 Å². The van der Waals surface area contributed by atoms with Crippen molar-refractivity contribution in [1.29, 1.82) is 0 Å². The minimum Gasteiger partial charge on any atom is -0.275 e. The first-order chi connectivity index (χ1) is 7.68. The molecule has 0 spiro atoms. The predicted octanol–water partition coefficient (Wildman–Crippen LogP) is 1.81. The van der Waals surface area contributed by atoms with Gasteiger partial charge in [-0.1, -0.05) is 29.8 Å². The number of carbonyl (C=O) groups excluding carboxylic acids is 2. The lowest BCUT2D eigenvalue weighted by molar-refractivity contribution is -0.136. The van der Waals surface area contributed by atoms with Gasteiger partial charge in [-0.3, -0.25) is 14.5 Å². The molecule has 0 atom stereocenters. The van der Waals surface area contributed by atoms with E-state index in [2.05, 4.69) is 0 Å². The summed E-state index contributed by atoms with van der Waals surface area (Å²) in [5.41, 5.74) is 0.941. The minimum absolute atomic E-state index is 0.253. The van der Waals surface area contributed by atoms with Crippen molar-refractivity contribution in [3.05, 3.63) is 47.0 Å². The van der Waals surface area contributed by atoms with Crippen LogP contribution in [0.25, 0.3) is 0 Å². The van der Waals surface area contributed by atoms with Crippen LogP contribution >= 0.6 is 11.6 Å². The molecule has 1 aromatic carbocycles. The average Bonchev–Trinajstić information content (AvgIpc) is 2.58. The molecule has 16 heavy (non-hydrogen) atoms. The smallest absolute Gasteiger partial charge is 0.253 e. The Bertz CT molecular complexity index is 450. The topological polar surface area (TPSA) is 37.4 Å². The molecule has 1 aliphatic heterocycles. The van der Waals surface area contributed by atoms with Crippen LogP contribution in [0.15, 0.2) is 36.4 Å². The van der Waals surface area contributed by atoms with Crippen LogP contribution in [0.2, 0.25) is 5.02 Å². The number of imide groups is 1. The van der Waals surface area contributed by atoms with Gasteiger partial charge >= 0.3 is 0 Å². The Morgan fingerprint density at radius 1 is 1.06 bits per heavy atom. The molecule has 0 aliphatic carbocycles. The second kappa shape index (κ2) is 4.49. The summed E-state index contributed by atoms with van der Waals surface area (Å²) >= 11 is 5.98. The number of benzene rings is 1. The van der Waals surface area contributed by atoms with Crippen molar-refractivity contribution in [1.82, 2.24) is 4.90 Å². The van der Waals surface area contributed by atoms with Crippen molar-refractivity contribution >= 4 is 23.4 Å². The summed E-state index contributed by atoms with van der Waals surface area (Å²) in [6, 6.07) is 7.41. The number of carbonyl (C=O) groups is 2. The van der Waals surface area contributed by atoms with E-state index in [0.29, 0.717) is 18.0 Å². The summed E-state index contributed by atoms with van der Waals surface area (Å²) in [4.78, 5) is 23.8. The summed E-state index contributed by atoms with van der Waals surface area (Å²) in [6.07, 6.45) is 3.16. The zero-order chi connectivity index (χ0) is 11.5. The fourth-order valence-corrected chi connectivity index (χ4v) is 1.82. The quantitative estimate of drug-likeness (QED) is 0.750. The van der Waals surface area contributed by atoms with E-state index in [9.17, 15) is 9.59 Å². The molecule has 0 unspecified atom stereocenters. The summed E-state index contributed by atoms with van der Waals surface area (Å²) < 4.78 is 0. The number of halogens is 1. The van der Waals surface area contributed by atoms with Crippen LogP contribution < -0.4 is 0 Å². The largest absolute Gasteiger partial charge is 0.275 e. The average molecular weight is 236 g/mol. The van der Waals surface area contributed by atoms with E-state index in [1.165, 1.54) is 17.1 Å². The summed E-state index contributed by atoms with van der Waals surface area (Å²) in [6.45, 7) is 0.369. The highest BCUT2D eigenvalue weighted by Gasteiger charge is 2.22. The number of nitrogens with zero attached hydrogens (tertiary/aromatic N) is 1. The molecule has 2 rings (SSSR count). The third-order valence-corrected chi connectivity index (χ3v) is 2.83. The van der Waals surface area contributed by atoms with Crippen LogP contribution in [0, 0.1) is 0 Å². The number of hydrogen-bond donors (Lipinski definition) is 0. The second-order valence-corrected chi connectivity index (χ2v) is 3.91. The Hall–Kier alpha value is -1.61. The zero-order valence-corrected chi connectivity index (χ0v) is 9.28. The molecule has 3 nitrogen and oxygen atoms in total. The van der Waals surface area contributed by atoms with Crippen molar-refractivity contribution in [2.75, 3.05) is 6.54 Å². The lowest BCUT2D eigenvalue weighted by Crippen LogP contribution is -2.31. The first kappa shape index (κ1) is 10.9. The molecular formula is C12H10ClNO2. The van der Waals surface area contributed by atoms with Crippen LogP contribution in [0.3, 0.4) is 0 Å². The van der Waals surface area contributed by atoms with Gasteiger partial charge in [-0.05, 0) is 18.1 Å². The van der Waals surface area contributed by atoms with Gasteiger partial charge < -0.3 is 0 Å². The van der Waals surface area contributed by atoms with Crippen LogP contribution in [0.1, 0.15) is 5.56 Å². The Labute approximate surface area is 98.3 Å². The molecule has 0 bridgehead atoms. The van der Waals surface area contributed by atoms with Crippen molar-refractivity contribution < 1.29 is 9.59 Å². The molecule has 4 heteroatoms. The van der Waals surface area contributed by atoms with E-state index in [4.69, 9.17) is 11.6 Å². The summed E-state index contributed by atoms with van der Waals surface area (Å²) in [5, 5.41) is 0.662. The van der Waals surface area contributed by atoms with Crippen molar-refractivity contribution in [2.45, 2.75) is 6.42 Å². The third-order valence-electron chi connectivity index (χ3n) is 2.46. The molecule has 0 radical (unpaired) electrons. The minimum atomic E-state index is -0.253. The maximum Gasteiger partial charge on any atom is 0.253 e. The molecule has 0 saturated heterocycles. The standard InChI is InChI=1S/C12H10ClNO2/c13-10-4-2-1-3-9(10)7-8-14-11(15)5-6-12(14)16/h1-6H,7-8H2. The van der Waals surface area contributed by atoms with Crippen LogP contribution in [0.4, 0.5) is 0 Å². The third kappa shape index (κ3) is 2.14. The Morgan fingerprint density at radius 2 is 1.69 bits per heavy atom. The van der Waals surface area contributed by atoms with Gasteiger partial charge in [-0.25, -0.2) is 0 Å². The monoisotopic (exact) mass is 235 g/mol. The summed E-state index contributed by atoms with van der Waals surface area (Å²) in [5.74, 6) is -0.505. The molecule has 1 heterocycles. The van der Waals surface area contributed by atoms with Gasteiger partial charge in [0.25, 0.3) is 11.8 Å². The molecule has 1 aliphatic rings. The lowest BCUT2D eigenvalue weighted by Gasteiger charge is -2.13. The van der Waals surface area contributed by atoms with Crippen LogP contribution in [-0.4, -0.2) is 23.3 Å². The molecule has 82 valence electrons. The SMILES string of the molecule is O=C1C=CC(=O)N1CCc1ccccc1Cl. The second-order valence-electron chi connectivity index (χ2n) is 3.50. The highest BCUT2D eigenvalue weighted by Crippen LogP contribution is 2.16. The van der Waals surface area contributed by atoms with E-state index in [1.54, 1.807) is 6.07 Å². The van der Waals surface area contributed by atoms with E-state index < -0.39 is 0 Å². The van der Waals surface area contributed by atoms with Gasteiger partial charge in [0.2, 0.25) is 0 Å². The highest BCUT2D eigenvalue weighted by atomic mass is 35.5. The normalized spacial score (nSPS) is 14.9. The first-order valence-corrected chi connectivity index (χ1v) is 5.33. The van der Waals surface area contributed by atoms with Gasteiger partial charge in [-0.2, -0.15) is 0 Å².